The SMILES string of the molecule is NC1=NC(=O)C2=NCN(c3ccccc3Cc3cc4c(c(OC[C@H](O)CC=O)c3O[C@H]3O[C@@H](C5(O)CCCCC5)[C@H](O)[C@@H](O)[C@@H]3O)C(=O)c3ccccc3C4=O)C2=N1. The number of hydrogen-bond acceptors (Lipinski definition) is 16. The number of aliphatic imine (C=N–C) groups is 3. The Morgan fingerprint density at radius 1 is 0.897 bits per heavy atom. The predicted molar refractivity (Wildman–Crippen MR) is 205 cm³/mol. The number of guanidine groups is 1. The van der Waals surface area contributed by atoms with E-state index in [1.54, 1.807) is 41.3 Å². The van der Waals surface area contributed by atoms with Crippen LogP contribution in [0.3, 0.4) is 0 Å². The number of aliphatic hydroxyl groups excluding tert-OH is 4. The smallest absolute Gasteiger partial charge is 0.302 e. The van der Waals surface area contributed by atoms with Gasteiger partial charge in [0.05, 0.1) is 17.3 Å². The molecule has 0 unspecified atom stereocenters. The van der Waals surface area contributed by atoms with Gasteiger partial charge in [0.1, 0.15) is 44.0 Å². The maximum Gasteiger partial charge on any atom is 0.302 e. The van der Waals surface area contributed by atoms with Crippen molar-refractivity contribution in [3.63, 3.8) is 0 Å². The third-order valence-electron chi connectivity index (χ3n) is 11.2. The fourth-order valence-corrected chi connectivity index (χ4v) is 8.26. The second-order valence-corrected chi connectivity index (χ2v) is 15.0. The Kier molecular flexibility index (Phi) is 10.5. The molecule has 3 aromatic carbocycles. The van der Waals surface area contributed by atoms with Crippen LogP contribution in [0.4, 0.5) is 5.69 Å². The number of ketones is 2. The second-order valence-electron chi connectivity index (χ2n) is 15.0. The normalized spacial score (nSPS) is 25.5. The van der Waals surface area contributed by atoms with Crippen LogP contribution in [-0.2, 0) is 20.7 Å². The zero-order chi connectivity index (χ0) is 40.9. The van der Waals surface area contributed by atoms with Gasteiger partial charge in [0, 0.05) is 40.8 Å². The fourth-order valence-electron chi connectivity index (χ4n) is 8.26. The Morgan fingerprint density at radius 3 is 2.34 bits per heavy atom. The quantitative estimate of drug-likeness (QED) is 0.114. The molecule has 3 aromatic rings. The van der Waals surface area contributed by atoms with Crippen molar-refractivity contribution in [3.05, 3.63) is 88.0 Å². The highest BCUT2D eigenvalue weighted by Gasteiger charge is 2.54. The first kappa shape index (κ1) is 39.2. The largest absolute Gasteiger partial charge is 0.486 e. The van der Waals surface area contributed by atoms with Gasteiger partial charge in [-0.3, -0.25) is 19.4 Å². The Balaban J connectivity index is 1.28. The van der Waals surface area contributed by atoms with E-state index in [0.717, 1.165) is 6.42 Å². The highest BCUT2D eigenvalue weighted by molar-refractivity contribution is 6.72. The lowest BCUT2D eigenvalue weighted by molar-refractivity contribution is -0.308. The summed E-state index contributed by atoms with van der Waals surface area (Å²) in [6.45, 7) is -0.542. The average molecular weight is 796 g/mol. The van der Waals surface area contributed by atoms with E-state index in [2.05, 4.69) is 15.0 Å². The molecule has 0 radical (unpaired) electrons. The first-order valence-corrected chi connectivity index (χ1v) is 19.0. The van der Waals surface area contributed by atoms with Crippen LogP contribution >= 0.6 is 0 Å². The van der Waals surface area contributed by atoms with E-state index in [4.69, 9.17) is 19.9 Å². The highest BCUT2D eigenvalue weighted by Crippen LogP contribution is 2.46. The molecule has 2 fully saturated rings. The lowest BCUT2D eigenvalue weighted by Crippen LogP contribution is -2.65. The minimum absolute atomic E-state index is 0.00730. The first-order valence-electron chi connectivity index (χ1n) is 19.0. The summed E-state index contributed by atoms with van der Waals surface area (Å²) in [6, 6.07) is 14.7. The number of nitrogens with zero attached hydrogens (tertiary/aromatic N) is 4. The molecule has 58 heavy (non-hydrogen) atoms. The summed E-state index contributed by atoms with van der Waals surface area (Å²) in [5.41, 5.74) is 5.53. The number of anilines is 1. The van der Waals surface area contributed by atoms with Gasteiger partial charge in [0.25, 0.3) is 0 Å². The number of aldehydes is 1. The van der Waals surface area contributed by atoms with Gasteiger partial charge in [-0.25, -0.2) is 0 Å². The molecule has 8 rings (SSSR count). The summed E-state index contributed by atoms with van der Waals surface area (Å²) < 4.78 is 18.8. The maximum absolute atomic E-state index is 14.4. The van der Waals surface area contributed by atoms with Crippen molar-refractivity contribution in [2.24, 2.45) is 20.7 Å². The number of fused-ring (bicyclic) bond motifs is 3. The van der Waals surface area contributed by atoms with Crippen molar-refractivity contribution in [2.75, 3.05) is 18.2 Å². The van der Waals surface area contributed by atoms with Crippen LogP contribution in [0.1, 0.15) is 81.5 Å². The van der Waals surface area contributed by atoms with Gasteiger partial charge in [0.2, 0.25) is 12.2 Å². The molecule has 3 heterocycles. The van der Waals surface area contributed by atoms with Crippen LogP contribution in [0.5, 0.6) is 11.5 Å². The Labute approximate surface area is 331 Å². The molecule has 3 aliphatic heterocycles. The van der Waals surface area contributed by atoms with E-state index in [0.29, 0.717) is 30.4 Å². The van der Waals surface area contributed by atoms with E-state index < -0.39 is 66.5 Å². The van der Waals surface area contributed by atoms with E-state index in [-0.39, 0.29) is 89.2 Å². The van der Waals surface area contributed by atoms with Crippen molar-refractivity contribution in [1.82, 2.24) is 0 Å². The number of nitrogens with two attached hydrogens (primary N) is 1. The minimum Gasteiger partial charge on any atom is -0.486 e. The third kappa shape index (κ3) is 6.88. The van der Waals surface area contributed by atoms with Crippen molar-refractivity contribution in [1.29, 1.82) is 0 Å². The first-order chi connectivity index (χ1) is 27.9. The van der Waals surface area contributed by atoms with E-state index >= 15 is 0 Å². The molecule has 0 aromatic heterocycles. The van der Waals surface area contributed by atoms with Crippen LogP contribution in [0.2, 0.25) is 0 Å². The molecule has 5 aliphatic rings. The maximum atomic E-state index is 14.4. The van der Waals surface area contributed by atoms with Gasteiger partial charge < -0.3 is 55.2 Å². The number of amides is 1. The third-order valence-corrected chi connectivity index (χ3v) is 11.2. The van der Waals surface area contributed by atoms with Crippen molar-refractivity contribution < 1.29 is 58.9 Å². The van der Waals surface area contributed by atoms with Crippen molar-refractivity contribution >= 4 is 47.0 Å². The summed E-state index contributed by atoms with van der Waals surface area (Å²) >= 11 is 0. The van der Waals surface area contributed by atoms with Gasteiger partial charge in [-0.15, -0.1) is 0 Å². The summed E-state index contributed by atoms with van der Waals surface area (Å²) in [5, 5.41) is 55.9. The Hall–Kier alpha value is -5.69. The molecule has 7 N–H and O–H groups in total. The summed E-state index contributed by atoms with van der Waals surface area (Å²) in [6.07, 6.45) is -7.25. The molecule has 17 heteroatoms. The summed E-state index contributed by atoms with van der Waals surface area (Å²) in [7, 11) is 0. The molecule has 0 spiro atoms. The van der Waals surface area contributed by atoms with Crippen LogP contribution in [0.15, 0.2) is 69.6 Å². The summed E-state index contributed by atoms with van der Waals surface area (Å²) in [5.74, 6) is -2.39. The lowest BCUT2D eigenvalue weighted by Gasteiger charge is -2.48. The molecule has 1 saturated carbocycles. The zero-order valence-electron chi connectivity index (χ0n) is 31.1. The van der Waals surface area contributed by atoms with Crippen LogP contribution in [0.25, 0.3) is 0 Å². The molecule has 1 saturated heterocycles. The molecular weight excluding hydrogens is 754 g/mol. The number of amidine groups is 1. The number of benzene rings is 3. The summed E-state index contributed by atoms with van der Waals surface area (Å²) in [4.78, 5) is 66.5. The van der Waals surface area contributed by atoms with Crippen LogP contribution in [-0.4, -0.2) is 122 Å². The topological polar surface area (TPSA) is 263 Å². The van der Waals surface area contributed by atoms with E-state index in [9.17, 15) is 44.7 Å². The minimum atomic E-state index is -1.89. The molecule has 302 valence electrons. The molecule has 6 atom stereocenters. The predicted octanol–water partition coefficient (Wildman–Crippen LogP) is 0.735. The van der Waals surface area contributed by atoms with Gasteiger partial charge in [-0.2, -0.15) is 9.98 Å². The van der Waals surface area contributed by atoms with Gasteiger partial charge >= 0.3 is 5.91 Å². The number of carbonyl (C=O) groups excluding carboxylic acids is 4. The Bertz CT molecular complexity index is 2280. The number of carbonyl (C=O) groups is 4. The molecule has 1 amide bonds. The van der Waals surface area contributed by atoms with E-state index in [1.165, 1.54) is 18.2 Å². The second kappa shape index (κ2) is 15.6. The van der Waals surface area contributed by atoms with Crippen LogP contribution in [0, 0.1) is 0 Å². The number of aliphatic hydroxyl groups is 5. The molecule has 17 nitrogen and oxygen atoms in total. The number of hydrogen-bond donors (Lipinski definition) is 6. The zero-order valence-corrected chi connectivity index (χ0v) is 31.1. The van der Waals surface area contributed by atoms with Gasteiger partial charge in [0.15, 0.2) is 34.6 Å². The van der Waals surface area contributed by atoms with Crippen molar-refractivity contribution in [2.45, 2.75) is 87.4 Å². The van der Waals surface area contributed by atoms with Gasteiger partial charge in [-0.1, -0.05) is 61.7 Å². The fraction of sp³-hybridized carbons (Fsp3) is 0.390. The average Bonchev–Trinajstić information content (AvgIpc) is 3.64. The number of rotatable bonds is 11. The lowest BCUT2D eigenvalue weighted by atomic mass is 9.76. The monoisotopic (exact) mass is 795 g/mol. The molecular formula is C41H41N5O12. The van der Waals surface area contributed by atoms with Gasteiger partial charge in [-0.05, 0) is 30.5 Å². The van der Waals surface area contributed by atoms with Crippen LogP contribution < -0.4 is 20.1 Å². The number of ether oxygens (including phenoxy) is 3. The molecule has 0 bridgehead atoms. The Morgan fingerprint density at radius 2 is 1.60 bits per heavy atom. The number of para-hydroxylation sites is 1. The standard InChI is InChI=1S/C41H41N5O12/c42-40-44-37-28(38(54)45-40)43-19-46(37)26-11-5-2-8-20(26)16-21-17-25-27(30(50)24-10-4-3-9-23(24)29(25)49)35(56-18-22(48)12-15-47)34(21)57-39-33(53)31(51)32(52)36(58-39)41(55)13-6-1-7-14-41/h2-5,8-11,15,17,22,31-33,36,39,48,51-53,55H,1,6-7,12-14,16,18-19H2,(H2,42,45,54)/t22-,31-,32-,33+,36-,39+/m1/s1. The molecule has 2 aliphatic carbocycles. The van der Waals surface area contributed by atoms with E-state index in [1.807, 2.05) is 0 Å². The highest BCUT2D eigenvalue weighted by atomic mass is 16.7. The van der Waals surface area contributed by atoms with Crippen molar-refractivity contribution in [3.8, 4) is 11.5 Å².